The van der Waals surface area contributed by atoms with Crippen LogP contribution in [-0.2, 0) is 10.2 Å². The summed E-state index contributed by atoms with van der Waals surface area (Å²) in [6.45, 7) is 8.50. The van der Waals surface area contributed by atoms with Gasteiger partial charge in [-0.3, -0.25) is 4.79 Å². The highest BCUT2D eigenvalue weighted by atomic mass is 16.5. The van der Waals surface area contributed by atoms with Crippen molar-refractivity contribution in [3.05, 3.63) is 102 Å². The molecule has 0 saturated heterocycles. The maximum absolute atomic E-state index is 13.1. The maximum Gasteiger partial charge on any atom is 0.261 e. The van der Waals surface area contributed by atoms with Gasteiger partial charge in [-0.25, -0.2) is 0 Å². The smallest absolute Gasteiger partial charge is 0.261 e. The van der Waals surface area contributed by atoms with Crippen molar-refractivity contribution in [1.82, 2.24) is 5.32 Å². The Balaban J connectivity index is 1.77. The van der Waals surface area contributed by atoms with Crippen molar-refractivity contribution in [1.29, 1.82) is 0 Å². The van der Waals surface area contributed by atoms with Crippen LogP contribution in [0.2, 0.25) is 0 Å². The standard InChI is InChI=1S/C27H31NO2/c1-5-24(30-23-18-16-22(17-19-23)27(2,3)4)26(29)28-25(20-12-8-6-9-13-20)21-14-10-7-11-15-21/h6-19,24-25H,5H2,1-4H3,(H,28,29). The van der Waals surface area contributed by atoms with Crippen LogP contribution in [0.15, 0.2) is 84.9 Å². The first kappa shape index (κ1) is 21.6. The Hall–Kier alpha value is -3.07. The molecule has 0 aliphatic rings. The fourth-order valence-electron chi connectivity index (χ4n) is 3.41. The molecule has 3 heteroatoms. The van der Waals surface area contributed by atoms with E-state index in [1.165, 1.54) is 5.56 Å². The van der Waals surface area contributed by atoms with Gasteiger partial charge in [-0.2, -0.15) is 0 Å². The molecule has 1 unspecified atom stereocenters. The van der Waals surface area contributed by atoms with E-state index in [0.29, 0.717) is 12.2 Å². The van der Waals surface area contributed by atoms with Gasteiger partial charge in [0.1, 0.15) is 5.75 Å². The summed E-state index contributed by atoms with van der Waals surface area (Å²) in [6.07, 6.45) is 0.0313. The molecule has 3 rings (SSSR count). The van der Waals surface area contributed by atoms with Gasteiger partial charge >= 0.3 is 0 Å². The number of ether oxygens (including phenoxy) is 1. The predicted octanol–water partition coefficient (Wildman–Crippen LogP) is 6.05. The Labute approximate surface area is 180 Å². The lowest BCUT2D eigenvalue weighted by molar-refractivity contribution is -0.128. The summed E-state index contributed by atoms with van der Waals surface area (Å²) in [5.41, 5.74) is 3.40. The van der Waals surface area contributed by atoms with Gasteiger partial charge in [-0.05, 0) is 40.7 Å². The lowest BCUT2D eigenvalue weighted by Crippen LogP contribution is -2.40. The Morgan fingerprint density at radius 1 is 0.833 bits per heavy atom. The lowest BCUT2D eigenvalue weighted by Gasteiger charge is -2.24. The minimum absolute atomic E-state index is 0.0820. The Bertz CT molecular complexity index is 889. The Kier molecular flexibility index (Phi) is 6.94. The third kappa shape index (κ3) is 5.50. The van der Waals surface area contributed by atoms with Gasteiger partial charge in [0.25, 0.3) is 5.91 Å². The van der Waals surface area contributed by atoms with E-state index in [9.17, 15) is 4.79 Å². The SMILES string of the molecule is CCC(Oc1ccc(C(C)(C)C)cc1)C(=O)NC(c1ccccc1)c1ccccc1. The second-order valence-electron chi connectivity index (χ2n) is 8.55. The zero-order valence-corrected chi connectivity index (χ0v) is 18.3. The van der Waals surface area contributed by atoms with E-state index in [1.54, 1.807) is 0 Å². The van der Waals surface area contributed by atoms with E-state index >= 15 is 0 Å². The van der Waals surface area contributed by atoms with Crippen LogP contribution in [0.3, 0.4) is 0 Å². The van der Waals surface area contributed by atoms with Crippen LogP contribution in [-0.4, -0.2) is 12.0 Å². The number of hydrogen-bond donors (Lipinski definition) is 1. The van der Waals surface area contributed by atoms with Crippen LogP contribution in [0.5, 0.6) is 5.75 Å². The van der Waals surface area contributed by atoms with Gasteiger partial charge in [0, 0.05) is 0 Å². The third-order valence-electron chi connectivity index (χ3n) is 5.21. The fourth-order valence-corrected chi connectivity index (χ4v) is 3.41. The van der Waals surface area contributed by atoms with E-state index in [-0.39, 0.29) is 17.4 Å². The topological polar surface area (TPSA) is 38.3 Å². The van der Waals surface area contributed by atoms with Crippen LogP contribution < -0.4 is 10.1 Å². The van der Waals surface area contributed by atoms with Crippen LogP contribution >= 0.6 is 0 Å². The van der Waals surface area contributed by atoms with Gasteiger partial charge in [-0.15, -0.1) is 0 Å². The highest BCUT2D eigenvalue weighted by molar-refractivity contribution is 5.82. The molecule has 1 atom stereocenters. The normalized spacial score (nSPS) is 12.4. The molecule has 156 valence electrons. The van der Waals surface area contributed by atoms with Crippen LogP contribution in [0, 0.1) is 0 Å². The zero-order chi connectivity index (χ0) is 21.6. The predicted molar refractivity (Wildman–Crippen MR) is 123 cm³/mol. The van der Waals surface area contributed by atoms with Crippen LogP contribution in [0.25, 0.3) is 0 Å². The average Bonchev–Trinajstić information content (AvgIpc) is 2.76. The second-order valence-corrected chi connectivity index (χ2v) is 8.55. The molecule has 0 spiro atoms. The van der Waals surface area contributed by atoms with Gasteiger partial charge in [-0.1, -0.05) is 100 Å². The summed E-state index contributed by atoms with van der Waals surface area (Å²) in [7, 11) is 0. The van der Waals surface area contributed by atoms with Gasteiger partial charge < -0.3 is 10.1 Å². The zero-order valence-electron chi connectivity index (χ0n) is 18.3. The van der Waals surface area contributed by atoms with Gasteiger partial charge in [0.05, 0.1) is 6.04 Å². The summed E-state index contributed by atoms with van der Waals surface area (Å²) >= 11 is 0. The molecule has 0 heterocycles. The first-order chi connectivity index (χ1) is 14.4. The second kappa shape index (κ2) is 9.62. The molecular weight excluding hydrogens is 370 g/mol. The summed E-state index contributed by atoms with van der Waals surface area (Å²) in [4.78, 5) is 13.1. The molecule has 0 aliphatic heterocycles. The molecule has 3 aromatic rings. The fraction of sp³-hybridized carbons (Fsp3) is 0.296. The molecule has 0 aromatic heterocycles. The highest BCUT2D eigenvalue weighted by Gasteiger charge is 2.24. The lowest BCUT2D eigenvalue weighted by atomic mass is 9.87. The summed E-state index contributed by atoms with van der Waals surface area (Å²) in [6, 6.07) is 27.8. The van der Waals surface area contributed by atoms with E-state index in [4.69, 9.17) is 4.74 Å². The van der Waals surface area contributed by atoms with Crippen LogP contribution in [0.1, 0.15) is 56.8 Å². The molecule has 3 nitrogen and oxygen atoms in total. The molecule has 1 N–H and O–H groups in total. The quantitative estimate of drug-likeness (QED) is 0.523. The summed E-state index contributed by atoms with van der Waals surface area (Å²) in [5.74, 6) is 0.594. The molecule has 0 bridgehead atoms. The average molecular weight is 402 g/mol. The number of hydrogen-bond acceptors (Lipinski definition) is 2. The molecular formula is C27H31NO2. The number of carbonyl (C=O) groups excluding carboxylic acids is 1. The van der Waals surface area contributed by atoms with Gasteiger partial charge in [0.15, 0.2) is 6.10 Å². The third-order valence-corrected chi connectivity index (χ3v) is 5.21. The van der Waals surface area contributed by atoms with E-state index in [2.05, 4.69) is 38.2 Å². The molecule has 0 saturated carbocycles. The highest BCUT2D eigenvalue weighted by Crippen LogP contribution is 2.26. The van der Waals surface area contributed by atoms with E-state index in [1.807, 2.05) is 79.7 Å². The van der Waals surface area contributed by atoms with Crippen molar-refractivity contribution in [2.75, 3.05) is 0 Å². The van der Waals surface area contributed by atoms with Crippen molar-refractivity contribution in [3.63, 3.8) is 0 Å². The van der Waals surface area contributed by atoms with Crippen LogP contribution in [0.4, 0.5) is 0 Å². The molecule has 0 radical (unpaired) electrons. The Morgan fingerprint density at radius 3 is 1.77 bits per heavy atom. The van der Waals surface area contributed by atoms with Crippen molar-refractivity contribution >= 4 is 5.91 Å². The molecule has 0 fully saturated rings. The minimum Gasteiger partial charge on any atom is -0.481 e. The van der Waals surface area contributed by atoms with Crippen molar-refractivity contribution < 1.29 is 9.53 Å². The number of nitrogens with one attached hydrogen (secondary N) is 1. The minimum atomic E-state index is -0.555. The molecule has 30 heavy (non-hydrogen) atoms. The monoisotopic (exact) mass is 401 g/mol. The van der Waals surface area contributed by atoms with E-state index < -0.39 is 6.10 Å². The number of benzene rings is 3. The first-order valence-electron chi connectivity index (χ1n) is 10.6. The number of carbonyl (C=O) groups is 1. The van der Waals surface area contributed by atoms with Crippen molar-refractivity contribution in [2.24, 2.45) is 0 Å². The largest absolute Gasteiger partial charge is 0.481 e. The maximum atomic E-state index is 13.1. The van der Waals surface area contributed by atoms with Crippen molar-refractivity contribution in [2.45, 2.75) is 51.7 Å². The molecule has 1 amide bonds. The summed E-state index contributed by atoms with van der Waals surface area (Å²) < 4.78 is 6.05. The Morgan fingerprint density at radius 2 is 1.33 bits per heavy atom. The molecule has 0 aliphatic carbocycles. The first-order valence-corrected chi connectivity index (χ1v) is 10.6. The van der Waals surface area contributed by atoms with Gasteiger partial charge in [0.2, 0.25) is 0 Å². The van der Waals surface area contributed by atoms with E-state index in [0.717, 1.165) is 11.1 Å². The summed E-state index contributed by atoms with van der Waals surface area (Å²) in [5, 5.41) is 3.19. The number of amides is 1. The molecule has 3 aromatic carbocycles. The number of rotatable bonds is 7. The van der Waals surface area contributed by atoms with Crippen molar-refractivity contribution in [3.8, 4) is 5.75 Å².